The van der Waals surface area contributed by atoms with E-state index >= 15 is 0 Å². The number of aliphatic hydroxyl groups excluding tert-OH is 1. The van der Waals surface area contributed by atoms with Crippen LogP contribution in [0.2, 0.25) is 0 Å². The van der Waals surface area contributed by atoms with Crippen molar-refractivity contribution in [2.75, 3.05) is 26.9 Å². The first-order valence-corrected chi connectivity index (χ1v) is 8.35. The number of hydrogen-bond acceptors (Lipinski definition) is 5. The Morgan fingerprint density at radius 1 is 1.43 bits per heavy atom. The molecular formula is C15H21BrN2O4S. The zero-order valence-electron chi connectivity index (χ0n) is 13.1. The molecule has 6 nitrogen and oxygen atoms in total. The lowest BCUT2D eigenvalue weighted by atomic mass is 10.2. The predicted octanol–water partition coefficient (Wildman–Crippen LogP) is 1.85. The molecule has 8 heteroatoms. The van der Waals surface area contributed by atoms with Gasteiger partial charge >= 0.3 is 0 Å². The van der Waals surface area contributed by atoms with Crippen molar-refractivity contribution in [2.45, 2.75) is 19.4 Å². The standard InChI is InChI=1S/C15H21BrN2O4S/c1-3-11(9-19)17-15(23)18-14(20)12-8-10(16)4-5-13(12)22-7-6-21-2/h4-5,8,11,19H,3,6-7,9H2,1-2H3,(H2,17,18,20,23). The van der Waals surface area contributed by atoms with Crippen molar-refractivity contribution < 1.29 is 19.4 Å². The molecular weight excluding hydrogens is 384 g/mol. The quantitative estimate of drug-likeness (QED) is 0.453. The maximum absolute atomic E-state index is 12.4. The van der Waals surface area contributed by atoms with E-state index in [4.69, 9.17) is 26.8 Å². The summed E-state index contributed by atoms with van der Waals surface area (Å²) in [5.41, 5.74) is 0.358. The number of carbonyl (C=O) groups is 1. The van der Waals surface area contributed by atoms with E-state index in [1.807, 2.05) is 6.92 Å². The third-order valence-electron chi connectivity index (χ3n) is 3.01. The number of thiocarbonyl (C=S) groups is 1. The molecule has 3 N–H and O–H groups in total. The van der Waals surface area contributed by atoms with Crippen LogP contribution in [0.4, 0.5) is 0 Å². The fraction of sp³-hybridized carbons (Fsp3) is 0.467. The molecule has 0 aliphatic heterocycles. The van der Waals surface area contributed by atoms with Crippen LogP contribution in [0.3, 0.4) is 0 Å². The summed E-state index contributed by atoms with van der Waals surface area (Å²) in [6.45, 7) is 2.61. The van der Waals surface area contributed by atoms with Gasteiger partial charge in [0.1, 0.15) is 12.4 Å². The van der Waals surface area contributed by atoms with Gasteiger partial charge in [-0.3, -0.25) is 10.1 Å². The van der Waals surface area contributed by atoms with Crippen molar-refractivity contribution in [3.63, 3.8) is 0 Å². The summed E-state index contributed by atoms with van der Waals surface area (Å²) in [7, 11) is 1.58. The number of amides is 1. The van der Waals surface area contributed by atoms with Crippen LogP contribution in [0.25, 0.3) is 0 Å². The molecule has 0 radical (unpaired) electrons. The van der Waals surface area contributed by atoms with Crippen LogP contribution in [-0.2, 0) is 4.74 Å². The van der Waals surface area contributed by atoms with Crippen molar-refractivity contribution in [3.8, 4) is 5.75 Å². The van der Waals surface area contributed by atoms with Crippen molar-refractivity contribution in [2.24, 2.45) is 0 Å². The second kappa shape index (κ2) is 10.5. The number of halogens is 1. The number of nitrogens with one attached hydrogen (secondary N) is 2. The molecule has 0 spiro atoms. The monoisotopic (exact) mass is 404 g/mol. The van der Waals surface area contributed by atoms with Crippen LogP contribution in [0, 0.1) is 0 Å². The van der Waals surface area contributed by atoms with Crippen LogP contribution < -0.4 is 15.4 Å². The molecule has 1 atom stereocenters. The van der Waals surface area contributed by atoms with Gasteiger partial charge < -0.3 is 19.9 Å². The van der Waals surface area contributed by atoms with Gasteiger partial charge in [-0.1, -0.05) is 22.9 Å². The molecule has 1 aromatic carbocycles. The van der Waals surface area contributed by atoms with Gasteiger partial charge in [0.15, 0.2) is 5.11 Å². The number of aliphatic hydroxyl groups is 1. The summed E-state index contributed by atoms with van der Waals surface area (Å²) < 4.78 is 11.2. The molecule has 0 heterocycles. The molecule has 1 rings (SSSR count). The van der Waals surface area contributed by atoms with Gasteiger partial charge in [-0.15, -0.1) is 0 Å². The highest BCUT2D eigenvalue weighted by atomic mass is 79.9. The van der Waals surface area contributed by atoms with Crippen molar-refractivity contribution >= 4 is 39.2 Å². The summed E-state index contributed by atoms with van der Waals surface area (Å²) in [5, 5.41) is 14.8. The van der Waals surface area contributed by atoms with Crippen LogP contribution in [0.5, 0.6) is 5.75 Å². The molecule has 1 unspecified atom stereocenters. The van der Waals surface area contributed by atoms with Crippen LogP contribution in [0.1, 0.15) is 23.7 Å². The van der Waals surface area contributed by atoms with Crippen molar-refractivity contribution in [1.82, 2.24) is 10.6 Å². The molecule has 128 valence electrons. The lowest BCUT2D eigenvalue weighted by molar-refractivity contribution is 0.0968. The topological polar surface area (TPSA) is 79.8 Å². The summed E-state index contributed by atoms with van der Waals surface area (Å²) in [6, 6.07) is 4.95. The highest BCUT2D eigenvalue weighted by molar-refractivity contribution is 9.10. The highest BCUT2D eigenvalue weighted by Gasteiger charge is 2.16. The van der Waals surface area contributed by atoms with E-state index in [-0.39, 0.29) is 23.7 Å². The van der Waals surface area contributed by atoms with E-state index in [1.165, 1.54) is 0 Å². The van der Waals surface area contributed by atoms with Crippen molar-refractivity contribution in [3.05, 3.63) is 28.2 Å². The lowest BCUT2D eigenvalue weighted by Crippen LogP contribution is -2.45. The van der Waals surface area contributed by atoms with E-state index < -0.39 is 0 Å². The fourth-order valence-electron chi connectivity index (χ4n) is 1.71. The van der Waals surface area contributed by atoms with E-state index in [0.717, 1.165) is 4.47 Å². The Morgan fingerprint density at radius 3 is 2.78 bits per heavy atom. The number of rotatable bonds is 8. The third-order valence-corrected chi connectivity index (χ3v) is 3.72. The fourth-order valence-corrected chi connectivity index (χ4v) is 2.33. The predicted molar refractivity (Wildman–Crippen MR) is 95.9 cm³/mol. The number of hydrogen-bond donors (Lipinski definition) is 3. The summed E-state index contributed by atoms with van der Waals surface area (Å²) in [5.74, 6) is 0.0590. The number of carbonyl (C=O) groups excluding carboxylic acids is 1. The largest absolute Gasteiger partial charge is 0.490 e. The Bertz CT molecular complexity index is 538. The molecule has 0 aliphatic carbocycles. The molecule has 0 bridgehead atoms. The average Bonchev–Trinajstić information content (AvgIpc) is 2.54. The van der Waals surface area contributed by atoms with Gasteiger partial charge in [-0.25, -0.2) is 0 Å². The van der Waals surface area contributed by atoms with Crippen LogP contribution in [0.15, 0.2) is 22.7 Å². The Hall–Kier alpha value is -1.22. The smallest absolute Gasteiger partial charge is 0.261 e. The van der Waals surface area contributed by atoms with Gasteiger partial charge in [-0.2, -0.15) is 0 Å². The summed E-state index contributed by atoms with van der Waals surface area (Å²) in [6.07, 6.45) is 0.689. The van der Waals surface area contributed by atoms with Crippen LogP contribution >= 0.6 is 28.1 Å². The minimum atomic E-state index is -0.385. The zero-order chi connectivity index (χ0) is 17.2. The Kier molecular flexibility index (Phi) is 9.08. The van der Waals surface area contributed by atoms with Gasteiger partial charge in [0.05, 0.1) is 24.8 Å². The second-order valence-electron chi connectivity index (χ2n) is 4.70. The Labute approximate surface area is 149 Å². The molecule has 1 aromatic rings. The first kappa shape index (κ1) is 19.8. The SMILES string of the molecule is CCC(CO)NC(=S)NC(=O)c1cc(Br)ccc1OCCOC. The number of methoxy groups -OCH3 is 1. The minimum Gasteiger partial charge on any atom is -0.490 e. The first-order chi connectivity index (χ1) is 11.0. The Morgan fingerprint density at radius 2 is 2.17 bits per heavy atom. The molecule has 1 amide bonds. The van der Waals surface area contributed by atoms with E-state index in [0.29, 0.717) is 30.9 Å². The van der Waals surface area contributed by atoms with Crippen LogP contribution in [-0.4, -0.2) is 49.1 Å². The molecule has 0 saturated heterocycles. The van der Waals surface area contributed by atoms with E-state index in [1.54, 1.807) is 25.3 Å². The molecule has 0 aromatic heterocycles. The summed E-state index contributed by atoms with van der Waals surface area (Å²) >= 11 is 8.43. The first-order valence-electron chi connectivity index (χ1n) is 7.15. The van der Waals surface area contributed by atoms with Gasteiger partial charge in [-0.05, 0) is 36.8 Å². The molecule has 0 fully saturated rings. The lowest BCUT2D eigenvalue weighted by Gasteiger charge is -2.17. The van der Waals surface area contributed by atoms with Gasteiger partial charge in [0, 0.05) is 11.6 Å². The molecule has 0 saturated carbocycles. The van der Waals surface area contributed by atoms with Crippen molar-refractivity contribution in [1.29, 1.82) is 0 Å². The number of benzene rings is 1. The molecule has 23 heavy (non-hydrogen) atoms. The second-order valence-corrected chi connectivity index (χ2v) is 6.02. The van der Waals surface area contributed by atoms with Gasteiger partial charge in [0.2, 0.25) is 0 Å². The zero-order valence-corrected chi connectivity index (χ0v) is 15.5. The normalized spacial score (nSPS) is 11.7. The third kappa shape index (κ3) is 6.82. The van der Waals surface area contributed by atoms with E-state index in [9.17, 15) is 4.79 Å². The Balaban J connectivity index is 2.77. The van der Waals surface area contributed by atoms with Gasteiger partial charge in [0.25, 0.3) is 5.91 Å². The number of ether oxygens (including phenoxy) is 2. The average molecular weight is 405 g/mol. The molecule has 0 aliphatic rings. The maximum atomic E-state index is 12.4. The highest BCUT2D eigenvalue weighted by Crippen LogP contribution is 2.23. The summed E-state index contributed by atoms with van der Waals surface area (Å²) in [4.78, 5) is 12.4. The minimum absolute atomic E-state index is 0.0607. The maximum Gasteiger partial charge on any atom is 0.261 e. The van der Waals surface area contributed by atoms with E-state index in [2.05, 4.69) is 26.6 Å².